The number of likely N-dealkylation sites (tertiary alicyclic amines) is 2. The molecule has 7 heteroatoms. The molecule has 0 spiro atoms. The molecule has 2 fully saturated rings. The normalized spacial score (nSPS) is 23.0. The monoisotopic (exact) mass is 349 g/mol. The SMILES string of the molecule is Cc1nc(CNC(=O)N2CCC(CCN3CCCCC3C)CC2)no1. The molecule has 2 amide bonds. The van der Waals surface area contributed by atoms with Crippen LogP contribution in [0.3, 0.4) is 0 Å². The molecule has 2 aliphatic rings. The van der Waals surface area contributed by atoms with Crippen molar-refractivity contribution in [3.63, 3.8) is 0 Å². The zero-order valence-corrected chi connectivity index (χ0v) is 15.5. The molecule has 7 nitrogen and oxygen atoms in total. The number of nitrogens with zero attached hydrogens (tertiary/aromatic N) is 4. The van der Waals surface area contributed by atoms with Gasteiger partial charge in [-0.15, -0.1) is 0 Å². The lowest BCUT2D eigenvalue weighted by molar-refractivity contribution is 0.132. The summed E-state index contributed by atoms with van der Waals surface area (Å²) >= 11 is 0. The van der Waals surface area contributed by atoms with E-state index in [2.05, 4.69) is 27.3 Å². The van der Waals surface area contributed by atoms with Gasteiger partial charge in [0, 0.05) is 26.1 Å². The Morgan fingerprint density at radius 2 is 2.04 bits per heavy atom. The summed E-state index contributed by atoms with van der Waals surface area (Å²) in [6.45, 7) is 8.59. The van der Waals surface area contributed by atoms with Gasteiger partial charge >= 0.3 is 6.03 Å². The van der Waals surface area contributed by atoms with Crippen molar-refractivity contribution in [2.24, 2.45) is 5.92 Å². The fourth-order valence-electron chi connectivity index (χ4n) is 3.94. The minimum absolute atomic E-state index is 0.0226. The molecule has 0 aliphatic carbocycles. The molecule has 0 bridgehead atoms. The Hall–Kier alpha value is -1.63. The minimum Gasteiger partial charge on any atom is -0.340 e. The number of piperidine rings is 2. The highest BCUT2D eigenvalue weighted by molar-refractivity contribution is 5.74. The number of hydrogen-bond acceptors (Lipinski definition) is 5. The average Bonchev–Trinajstić information content (AvgIpc) is 3.05. The maximum atomic E-state index is 12.3. The highest BCUT2D eigenvalue weighted by atomic mass is 16.5. The van der Waals surface area contributed by atoms with Crippen molar-refractivity contribution in [1.82, 2.24) is 25.3 Å². The van der Waals surface area contributed by atoms with Gasteiger partial charge in [0.1, 0.15) is 0 Å². The second-order valence-corrected chi connectivity index (χ2v) is 7.49. The maximum absolute atomic E-state index is 12.3. The molecule has 1 atom stereocenters. The molecule has 2 aliphatic heterocycles. The number of hydrogen-bond donors (Lipinski definition) is 1. The van der Waals surface area contributed by atoms with Crippen molar-refractivity contribution in [1.29, 1.82) is 0 Å². The topological polar surface area (TPSA) is 74.5 Å². The Labute approximate surface area is 150 Å². The first kappa shape index (κ1) is 18.2. The van der Waals surface area contributed by atoms with E-state index in [1.54, 1.807) is 6.92 Å². The number of urea groups is 1. The van der Waals surface area contributed by atoms with Crippen LogP contribution in [0.5, 0.6) is 0 Å². The average molecular weight is 349 g/mol. The van der Waals surface area contributed by atoms with Crippen molar-refractivity contribution in [3.8, 4) is 0 Å². The first-order chi connectivity index (χ1) is 12.1. The number of carbonyl (C=O) groups is 1. The van der Waals surface area contributed by atoms with Crippen LogP contribution in [0.15, 0.2) is 4.52 Å². The van der Waals surface area contributed by atoms with Crippen LogP contribution in [0.25, 0.3) is 0 Å². The van der Waals surface area contributed by atoms with Crippen LogP contribution in [0.1, 0.15) is 57.2 Å². The molecule has 3 heterocycles. The number of amides is 2. The van der Waals surface area contributed by atoms with Crippen LogP contribution in [0.4, 0.5) is 4.79 Å². The first-order valence-corrected chi connectivity index (χ1v) is 9.68. The molecule has 1 aromatic heterocycles. The van der Waals surface area contributed by atoms with Crippen molar-refractivity contribution in [3.05, 3.63) is 11.7 Å². The highest BCUT2D eigenvalue weighted by Crippen LogP contribution is 2.23. The number of carbonyl (C=O) groups excluding carboxylic acids is 1. The molecule has 2 saturated heterocycles. The Balaban J connectivity index is 1.34. The van der Waals surface area contributed by atoms with Gasteiger partial charge < -0.3 is 19.6 Å². The largest absolute Gasteiger partial charge is 0.340 e. The van der Waals surface area contributed by atoms with Gasteiger partial charge in [-0.3, -0.25) is 0 Å². The van der Waals surface area contributed by atoms with E-state index in [0.717, 1.165) is 37.9 Å². The molecule has 1 N–H and O–H groups in total. The van der Waals surface area contributed by atoms with Crippen molar-refractivity contribution < 1.29 is 9.32 Å². The summed E-state index contributed by atoms with van der Waals surface area (Å²) in [7, 11) is 0. The lowest BCUT2D eigenvalue weighted by Crippen LogP contribution is -2.45. The molecule has 1 aromatic rings. The van der Waals surface area contributed by atoms with E-state index in [0.29, 0.717) is 18.3 Å². The third-order valence-corrected chi connectivity index (χ3v) is 5.63. The highest BCUT2D eigenvalue weighted by Gasteiger charge is 2.24. The molecular weight excluding hydrogens is 318 g/mol. The minimum atomic E-state index is -0.0226. The molecule has 0 radical (unpaired) electrons. The summed E-state index contributed by atoms with van der Waals surface area (Å²) < 4.78 is 4.91. The van der Waals surface area contributed by atoms with Crippen LogP contribution < -0.4 is 5.32 Å². The maximum Gasteiger partial charge on any atom is 0.317 e. The Morgan fingerprint density at radius 1 is 1.24 bits per heavy atom. The number of rotatable bonds is 5. The summed E-state index contributed by atoms with van der Waals surface area (Å²) in [4.78, 5) is 20.9. The van der Waals surface area contributed by atoms with Gasteiger partial charge in [-0.25, -0.2) is 4.79 Å². The first-order valence-electron chi connectivity index (χ1n) is 9.68. The predicted octanol–water partition coefficient (Wildman–Crippen LogP) is 2.56. The van der Waals surface area contributed by atoms with Gasteiger partial charge in [0.05, 0.1) is 6.54 Å². The van der Waals surface area contributed by atoms with Crippen molar-refractivity contribution >= 4 is 6.03 Å². The molecule has 25 heavy (non-hydrogen) atoms. The van der Waals surface area contributed by atoms with E-state index in [4.69, 9.17) is 4.52 Å². The molecule has 0 aromatic carbocycles. The molecule has 1 unspecified atom stereocenters. The number of nitrogens with one attached hydrogen (secondary N) is 1. The van der Waals surface area contributed by atoms with Gasteiger partial charge in [-0.1, -0.05) is 11.6 Å². The zero-order valence-electron chi connectivity index (χ0n) is 15.5. The standard InChI is InChI=1S/C18H31N5O2/c1-14-5-3-4-9-22(14)10-6-16-7-11-23(12-8-16)18(24)19-13-17-20-15(2)25-21-17/h14,16H,3-13H2,1-2H3,(H,19,24). The summed E-state index contributed by atoms with van der Waals surface area (Å²) in [6.07, 6.45) is 7.56. The van der Waals surface area contributed by atoms with Gasteiger partial charge in [-0.05, 0) is 58.0 Å². The van der Waals surface area contributed by atoms with E-state index in [1.165, 1.54) is 38.8 Å². The van der Waals surface area contributed by atoms with E-state index >= 15 is 0 Å². The van der Waals surface area contributed by atoms with E-state index in [9.17, 15) is 4.79 Å². The summed E-state index contributed by atoms with van der Waals surface area (Å²) in [5, 5.41) is 6.68. The second kappa shape index (κ2) is 8.65. The van der Waals surface area contributed by atoms with Gasteiger partial charge in [0.2, 0.25) is 5.89 Å². The summed E-state index contributed by atoms with van der Waals surface area (Å²) in [5.74, 6) is 1.79. The third-order valence-electron chi connectivity index (χ3n) is 5.63. The fourth-order valence-corrected chi connectivity index (χ4v) is 3.94. The quantitative estimate of drug-likeness (QED) is 0.884. The number of aryl methyl sites for hydroxylation is 1. The molecular formula is C18H31N5O2. The van der Waals surface area contributed by atoms with Gasteiger partial charge in [-0.2, -0.15) is 4.98 Å². The second-order valence-electron chi connectivity index (χ2n) is 7.49. The Bertz CT molecular complexity index is 553. The lowest BCUT2D eigenvalue weighted by atomic mass is 9.92. The van der Waals surface area contributed by atoms with Crippen LogP contribution in [-0.4, -0.2) is 58.2 Å². The van der Waals surface area contributed by atoms with E-state index in [-0.39, 0.29) is 6.03 Å². The van der Waals surface area contributed by atoms with Crippen LogP contribution >= 0.6 is 0 Å². The Kier molecular flexibility index (Phi) is 6.29. The molecule has 0 saturated carbocycles. The van der Waals surface area contributed by atoms with Crippen molar-refractivity contribution in [2.75, 3.05) is 26.2 Å². The fraction of sp³-hybridized carbons (Fsp3) is 0.833. The zero-order chi connectivity index (χ0) is 17.6. The number of aromatic nitrogens is 2. The van der Waals surface area contributed by atoms with Gasteiger partial charge in [0.25, 0.3) is 0 Å². The Morgan fingerprint density at radius 3 is 2.72 bits per heavy atom. The third kappa shape index (κ3) is 5.17. The van der Waals surface area contributed by atoms with Gasteiger partial charge in [0.15, 0.2) is 5.82 Å². The predicted molar refractivity (Wildman–Crippen MR) is 95.1 cm³/mol. The summed E-state index contributed by atoms with van der Waals surface area (Å²) in [5.41, 5.74) is 0. The van der Waals surface area contributed by atoms with Crippen molar-refractivity contribution in [2.45, 2.75) is 65.0 Å². The molecule has 3 rings (SSSR count). The smallest absolute Gasteiger partial charge is 0.317 e. The van der Waals surface area contributed by atoms with E-state index < -0.39 is 0 Å². The molecule has 140 valence electrons. The lowest BCUT2D eigenvalue weighted by Gasteiger charge is -2.36. The van der Waals surface area contributed by atoms with Crippen LogP contribution in [-0.2, 0) is 6.54 Å². The van der Waals surface area contributed by atoms with Crippen LogP contribution in [0, 0.1) is 12.8 Å². The van der Waals surface area contributed by atoms with E-state index in [1.807, 2.05) is 4.90 Å². The van der Waals surface area contributed by atoms with Crippen LogP contribution in [0.2, 0.25) is 0 Å². The summed E-state index contributed by atoms with van der Waals surface area (Å²) in [6, 6.07) is 0.721.